The van der Waals surface area contributed by atoms with E-state index in [1.54, 1.807) is 29.5 Å². The quantitative estimate of drug-likeness (QED) is 0.629. The molecule has 146 valence electrons. The van der Waals surface area contributed by atoms with E-state index in [-0.39, 0.29) is 24.2 Å². The fourth-order valence-corrected chi connectivity index (χ4v) is 4.97. The van der Waals surface area contributed by atoms with Gasteiger partial charge in [-0.1, -0.05) is 24.3 Å². The molecule has 0 fully saturated rings. The molecule has 0 unspecified atom stereocenters. The molecule has 1 aliphatic carbocycles. The van der Waals surface area contributed by atoms with Crippen LogP contribution in [-0.4, -0.2) is 27.1 Å². The van der Waals surface area contributed by atoms with Crippen LogP contribution in [-0.2, 0) is 24.1 Å². The van der Waals surface area contributed by atoms with Gasteiger partial charge in [0.2, 0.25) is 0 Å². The molecule has 0 aliphatic heterocycles. The van der Waals surface area contributed by atoms with E-state index in [1.807, 2.05) is 19.9 Å². The molecule has 0 N–H and O–H groups in total. The maximum absolute atomic E-state index is 13.1. The van der Waals surface area contributed by atoms with Gasteiger partial charge in [0.15, 0.2) is 4.83 Å². The van der Waals surface area contributed by atoms with Gasteiger partial charge in [0.05, 0.1) is 23.6 Å². The van der Waals surface area contributed by atoms with Gasteiger partial charge in [0.1, 0.15) is 0 Å². The van der Waals surface area contributed by atoms with Gasteiger partial charge >= 0.3 is 5.97 Å². The SMILES string of the molecule is CC(C)OC(=O)c1cccc(Cn2nnc3sc4c(c3c2=O)CC[C@H](C)C4)c1. The molecule has 0 radical (unpaired) electrons. The van der Waals surface area contributed by atoms with E-state index in [2.05, 4.69) is 17.2 Å². The Morgan fingerprint density at radius 2 is 2.21 bits per heavy atom. The van der Waals surface area contributed by atoms with Crippen LogP contribution in [0.25, 0.3) is 10.2 Å². The summed E-state index contributed by atoms with van der Waals surface area (Å²) < 4.78 is 6.64. The smallest absolute Gasteiger partial charge is 0.338 e. The van der Waals surface area contributed by atoms with Crippen molar-refractivity contribution in [2.45, 2.75) is 52.7 Å². The van der Waals surface area contributed by atoms with Gasteiger partial charge in [-0.05, 0) is 62.3 Å². The molecular weight excluding hydrogens is 374 g/mol. The number of rotatable bonds is 4. The zero-order chi connectivity index (χ0) is 19.8. The lowest BCUT2D eigenvalue weighted by atomic mass is 9.89. The van der Waals surface area contributed by atoms with Crippen LogP contribution in [0.3, 0.4) is 0 Å². The number of hydrogen-bond donors (Lipinski definition) is 0. The second kappa shape index (κ2) is 7.47. The lowest BCUT2D eigenvalue weighted by Crippen LogP contribution is -2.25. The van der Waals surface area contributed by atoms with Crippen LogP contribution < -0.4 is 5.56 Å². The van der Waals surface area contributed by atoms with Crippen LogP contribution in [0.2, 0.25) is 0 Å². The number of benzene rings is 1. The third kappa shape index (κ3) is 3.58. The molecule has 7 heteroatoms. The molecule has 0 spiro atoms. The number of aryl methyl sites for hydroxylation is 1. The van der Waals surface area contributed by atoms with E-state index >= 15 is 0 Å². The maximum Gasteiger partial charge on any atom is 0.338 e. The number of nitrogens with zero attached hydrogens (tertiary/aromatic N) is 3. The summed E-state index contributed by atoms with van der Waals surface area (Å²) in [5, 5.41) is 9.16. The molecule has 3 aromatic rings. The number of thiophene rings is 1. The second-order valence-electron chi connectivity index (χ2n) is 7.74. The van der Waals surface area contributed by atoms with Crippen molar-refractivity contribution >= 4 is 27.5 Å². The van der Waals surface area contributed by atoms with Crippen LogP contribution in [0.1, 0.15) is 53.6 Å². The van der Waals surface area contributed by atoms with E-state index in [4.69, 9.17) is 4.74 Å². The first-order chi connectivity index (χ1) is 13.4. The molecule has 2 heterocycles. The zero-order valence-electron chi connectivity index (χ0n) is 16.3. The standard InChI is InChI=1S/C21H23N3O3S/c1-12(2)27-21(26)15-6-4-5-14(10-15)11-24-20(25)18-16-8-7-13(3)9-17(16)28-19(18)22-23-24/h4-6,10,12-13H,7-9,11H2,1-3H3/t13-/m0/s1. The van der Waals surface area contributed by atoms with Crippen molar-refractivity contribution in [1.29, 1.82) is 0 Å². The van der Waals surface area contributed by atoms with Gasteiger partial charge in [0, 0.05) is 4.88 Å². The van der Waals surface area contributed by atoms with Crippen molar-refractivity contribution in [3.05, 3.63) is 56.2 Å². The summed E-state index contributed by atoms with van der Waals surface area (Å²) in [4.78, 5) is 27.2. The van der Waals surface area contributed by atoms with Crippen LogP contribution >= 0.6 is 11.3 Å². The average Bonchev–Trinajstić information content (AvgIpc) is 3.02. The van der Waals surface area contributed by atoms with Crippen molar-refractivity contribution in [2.24, 2.45) is 5.92 Å². The molecule has 0 saturated carbocycles. The fourth-order valence-electron chi connectivity index (χ4n) is 3.65. The van der Waals surface area contributed by atoms with Gasteiger partial charge in [-0.25, -0.2) is 9.48 Å². The third-order valence-electron chi connectivity index (χ3n) is 5.02. The van der Waals surface area contributed by atoms with E-state index in [0.717, 1.165) is 40.6 Å². The molecule has 6 nitrogen and oxygen atoms in total. The molecule has 1 atom stereocenters. The Morgan fingerprint density at radius 1 is 1.39 bits per heavy atom. The van der Waals surface area contributed by atoms with Gasteiger partial charge in [-0.15, -0.1) is 16.4 Å². The molecule has 28 heavy (non-hydrogen) atoms. The first-order valence-corrected chi connectivity index (χ1v) is 10.4. The molecule has 2 aromatic heterocycles. The van der Waals surface area contributed by atoms with Crippen LogP contribution in [0.15, 0.2) is 29.1 Å². The van der Waals surface area contributed by atoms with Crippen molar-refractivity contribution in [1.82, 2.24) is 15.0 Å². The molecule has 0 saturated heterocycles. The van der Waals surface area contributed by atoms with Gasteiger partial charge in [-0.3, -0.25) is 4.79 Å². The van der Waals surface area contributed by atoms with Crippen molar-refractivity contribution in [3.8, 4) is 0 Å². The van der Waals surface area contributed by atoms with Crippen LogP contribution in [0, 0.1) is 5.92 Å². The minimum atomic E-state index is -0.369. The van der Waals surface area contributed by atoms with Crippen molar-refractivity contribution < 1.29 is 9.53 Å². The van der Waals surface area contributed by atoms with Gasteiger partial charge in [-0.2, -0.15) is 0 Å². The van der Waals surface area contributed by atoms with E-state index in [9.17, 15) is 9.59 Å². The Kier molecular flexibility index (Phi) is 5.02. The highest BCUT2D eigenvalue weighted by Gasteiger charge is 2.23. The van der Waals surface area contributed by atoms with Crippen LogP contribution in [0.5, 0.6) is 0 Å². The number of esters is 1. The lowest BCUT2D eigenvalue weighted by molar-refractivity contribution is 0.0377. The van der Waals surface area contributed by atoms with E-state index in [0.29, 0.717) is 11.5 Å². The normalized spacial score (nSPS) is 16.4. The maximum atomic E-state index is 13.1. The average molecular weight is 398 g/mol. The summed E-state index contributed by atoms with van der Waals surface area (Å²) in [7, 11) is 0. The van der Waals surface area contributed by atoms with E-state index in [1.165, 1.54) is 9.56 Å². The van der Waals surface area contributed by atoms with Gasteiger partial charge in [0.25, 0.3) is 5.56 Å². The largest absolute Gasteiger partial charge is 0.459 e. The Balaban J connectivity index is 1.67. The number of aromatic nitrogens is 3. The second-order valence-corrected chi connectivity index (χ2v) is 8.82. The highest BCUT2D eigenvalue weighted by molar-refractivity contribution is 7.18. The monoisotopic (exact) mass is 397 g/mol. The molecule has 0 bridgehead atoms. The number of carbonyl (C=O) groups is 1. The Labute approximate surface area is 167 Å². The number of hydrogen-bond acceptors (Lipinski definition) is 6. The first kappa shape index (κ1) is 18.8. The summed E-state index contributed by atoms with van der Waals surface area (Å²) in [6.45, 7) is 6.14. The fraction of sp³-hybridized carbons (Fsp3) is 0.429. The molecule has 4 rings (SSSR count). The predicted molar refractivity (Wildman–Crippen MR) is 109 cm³/mol. The highest BCUT2D eigenvalue weighted by Crippen LogP contribution is 2.35. The van der Waals surface area contributed by atoms with Gasteiger partial charge < -0.3 is 4.74 Å². The topological polar surface area (TPSA) is 74.1 Å². The minimum Gasteiger partial charge on any atom is -0.459 e. The third-order valence-corrected chi connectivity index (χ3v) is 6.16. The lowest BCUT2D eigenvalue weighted by Gasteiger charge is -2.17. The summed E-state index contributed by atoms with van der Waals surface area (Å²) in [5.74, 6) is 0.274. The molecule has 0 amide bonds. The highest BCUT2D eigenvalue weighted by atomic mass is 32.1. The minimum absolute atomic E-state index is 0.104. The Bertz CT molecular complexity index is 1100. The number of carbonyl (C=O) groups excluding carboxylic acids is 1. The first-order valence-electron chi connectivity index (χ1n) is 9.60. The van der Waals surface area contributed by atoms with Crippen molar-refractivity contribution in [2.75, 3.05) is 0 Å². The van der Waals surface area contributed by atoms with E-state index < -0.39 is 0 Å². The zero-order valence-corrected chi connectivity index (χ0v) is 17.1. The molecular formula is C21H23N3O3S. The summed E-state index contributed by atoms with van der Waals surface area (Å²) in [6.07, 6.45) is 2.85. The Hall–Kier alpha value is -2.54. The number of fused-ring (bicyclic) bond motifs is 3. The van der Waals surface area contributed by atoms with Crippen LogP contribution in [0.4, 0.5) is 0 Å². The predicted octanol–water partition coefficient (Wildman–Crippen LogP) is 3.59. The summed E-state index contributed by atoms with van der Waals surface area (Å²) in [6, 6.07) is 7.11. The summed E-state index contributed by atoms with van der Waals surface area (Å²) in [5.41, 5.74) is 2.33. The number of ether oxygens (including phenoxy) is 1. The molecule has 1 aliphatic rings. The Morgan fingerprint density at radius 3 is 3.00 bits per heavy atom. The summed E-state index contributed by atoms with van der Waals surface area (Å²) >= 11 is 1.60. The molecule has 1 aromatic carbocycles. The van der Waals surface area contributed by atoms with Crippen molar-refractivity contribution in [3.63, 3.8) is 0 Å².